The molecule has 4 amide bonds. The number of carbonyl (C=O) groups is 3. The molecule has 0 aromatic heterocycles. The van der Waals surface area contributed by atoms with E-state index in [-0.39, 0.29) is 18.2 Å². The van der Waals surface area contributed by atoms with Gasteiger partial charge >= 0.3 is 6.03 Å². The van der Waals surface area contributed by atoms with Crippen LogP contribution >= 0.6 is 0 Å². The summed E-state index contributed by atoms with van der Waals surface area (Å²) in [6, 6.07) is 6.77. The van der Waals surface area contributed by atoms with Crippen molar-refractivity contribution in [3.8, 4) is 0 Å². The summed E-state index contributed by atoms with van der Waals surface area (Å²) in [5, 5.41) is 2.71. The molecule has 3 aliphatic heterocycles. The summed E-state index contributed by atoms with van der Waals surface area (Å²) in [5.74, 6) is 0.416. The largest absolute Gasteiger partial charge is 0.345 e. The van der Waals surface area contributed by atoms with Gasteiger partial charge in [0.05, 0.1) is 12.1 Å². The van der Waals surface area contributed by atoms with Crippen LogP contribution in [0.5, 0.6) is 0 Å². The summed E-state index contributed by atoms with van der Waals surface area (Å²) in [6.07, 6.45) is 6.10. The number of imide groups is 1. The monoisotopic (exact) mass is 440 g/mol. The van der Waals surface area contributed by atoms with Gasteiger partial charge < -0.3 is 15.1 Å². The zero-order chi connectivity index (χ0) is 22.8. The number of carbonyl (C=O) groups excluding carboxylic acids is 3. The van der Waals surface area contributed by atoms with Crippen molar-refractivity contribution in [2.75, 3.05) is 31.6 Å². The smallest absolute Gasteiger partial charge is 0.329 e. The first kappa shape index (κ1) is 22.8. The molecule has 0 aliphatic carbocycles. The van der Waals surface area contributed by atoms with Gasteiger partial charge in [-0.15, -0.1) is 0 Å². The Balaban J connectivity index is 1.35. The van der Waals surface area contributed by atoms with Crippen LogP contribution < -0.4 is 10.2 Å². The van der Waals surface area contributed by atoms with Crippen molar-refractivity contribution >= 4 is 23.5 Å². The fourth-order valence-electron chi connectivity index (χ4n) is 5.50. The van der Waals surface area contributed by atoms with Gasteiger partial charge in [-0.2, -0.15) is 0 Å². The molecule has 3 heterocycles. The molecule has 32 heavy (non-hydrogen) atoms. The zero-order valence-corrected chi connectivity index (χ0v) is 19.5. The Morgan fingerprint density at radius 1 is 1.09 bits per heavy atom. The van der Waals surface area contributed by atoms with Crippen LogP contribution in [0, 0.1) is 5.92 Å². The summed E-state index contributed by atoms with van der Waals surface area (Å²) >= 11 is 0. The first-order valence-corrected chi connectivity index (χ1v) is 12.1. The number of anilines is 1. The highest BCUT2D eigenvalue weighted by Gasteiger charge is 2.41. The molecular formula is C25H36N4O3. The Kier molecular flexibility index (Phi) is 6.84. The van der Waals surface area contributed by atoms with Crippen molar-refractivity contribution < 1.29 is 14.4 Å². The van der Waals surface area contributed by atoms with Gasteiger partial charge in [0.1, 0.15) is 6.04 Å². The lowest BCUT2D eigenvalue weighted by Gasteiger charge is -2.45. The quantitative estimate of drug-likeness (QED) is 0.689. The molecule has 3 unspecified atom stereocenters. The highest BCUT2D eigenvalue weighted by atomic mass is 16.2. The molecule has 0 spiro atoms. The van der Waals surface area contributed by atoms with E-state index < -0.39 is 12.1 Å². The number of benzene rings is 1. The van der Waals surface area contributed by atoms with E-state index in [0.29, 0.717) is 23.6 Å². The van der Waals surface area contributed by atoms with Gasteiger partial charge in [-0.3, -0.25) is 9.59 Å². The van der Waals surface area contributed by atoms with Gasteiger partial charge in [-0.25, -0.2) is 9.69 Å². The van der Waals surface area contributed by atoms with Crippen molar-refractivity contribution in [1.29, 1.82) is 0 Å². The van der Waals surface area contributed by atoms with E-state index in [4.69, 9.17) is 0 Å². The molecule has 3 atom stereocenters. The molecule has 7 heteroatoms. The van der Waals surface area contributed by atoms with E-state index in [1.165, 1.54) is 38.8 Å². The fraction of sp³-hybridized carbons (Fsp3) is 0.640. The normalized spacial score (nSPS) is 26.2. The molecule has 0 saturated carbocycles. The Morgan fingerprint density at radius 2 is 1.81 bits per heavy atom. The van der Waals surface area contributed by atoms with Gasteiger partial charge in [-0.1, -0.05) is 32.4 Å². The van der Waals surface area contributed by atoms with Crippen LogP contribution in [0.3, 0.4) is 0 Å². The van der Waals surface area contributed by atoms with Gasteiger partial charge in [0.25, 0.3) is 5.91 Å². The van der Waals surface area contributed by atoms with Crippen molar-refractivity contribution in [1.82, 2.24) is 15.1 Å². The van der Waals surface area contributed by atoms with Crippen LogP contribution in [0.15, 0.2) is 24.3 Å². The molecule has 0 bridgehead atoms. The van der Waals surface area contributed by atoms with Crippen molar-refractivity contribution in [3.05, 3.63) is 29.8 Å². The first-order chi connectivity index (χ1) is 15.3. The number of nitrogens with zero attached hydrogens (tertiary/aromatic N) is 3. The Labute approximate surface area is 191 Å². The van der Waals surface area contributed by atoms with Crippen LogP contribution in [0.4, 0.5) is 10.5 Å². The standard InChI is InChI=1S/C25H36N4O3/c1-17(2)18-9-11-20(12-10-18)29-24(31)21(26-25(29)32)15-23(30)27(3)16-19-7-6-14-28-13-5-4-8-22(19)28/h9-12,17,19,21-22H,4-8,13-16H2,1-3H3,(H,26,32). The molecule has 174 valence electrons. The SMILES string of the molecule is CC(C)c1ccc(N2C(=O)NC(CC(=O)N(C)CC3CCCN4CCCCC34)C2=O)cc1. The lowest BCUT2D eigenvalue weighted by molar-refractivity contribution is -0.133. The van der Waals surface area contributed by atoms with Crippen LogP contribution in [-0.2, 0) is 9.59 Å². The lowest BCUT2D eigenvalue weighted by atomic mass is 9.83. The lowest BCUT2D eigenvalue weighted by Crippen LogP contribution is -2.51. The van der Waals surface area contributed by atoms with Gasteiger partial charge in [0, 0.05) is 19.6 Å². The highest BCUT2D eigenvalue weighted by molar-refractivity contribution is 6.22. The van der Waals surface area contributed by atoms with Crippen molar-refractivity contribution in [2.45, 2.75) is 70.4 Å². The minimum Gasteiger partial charge on any atom is -0.345 e. The van der Waals surface area contributed by atoms with Crippen LogP contribution in [0.2, 0.25) is 0 Å². The maximum atomic E-state index is 12.9. The molecule has 1 aromatic rings. The van der Waals surface area contributed by atoms with Crippen molar-refractivity contribution in [2.24, 2.45) is 5.92 Å². The van der Waals surface area contributed by atoms with Crippen LogP contribution in [0.25, 0.3) is 0 Å². The van der Waals surface area contributed by atoms with E-state index in [1.54, 1.807) is 17.0 Å². The topological polar surface area (TPSA) is 73.0 Å². The Morgan fingerprint density at radius 3 is 2.53 bits per heavy atom. The summed E-state index contributed by atoms with van der Waals surface area (Å²) in [5.41, 5.74) is 1.69. The number of rotatable bonds is 6. The number of hydrogen-bond donors (Lipinski definition) is 1. The summed E-state index contributed by atoms with van der Waals surface area (Å²) in [4.78, 5) is 43.9. The fourth-order valence-corrected chi connectivity index (χ4v) is 5.50. The minimum atomic E-state index is -0.806. The second-order valence-electron chi connectivity index (χ2n) is 9.90. The summed E-state index contributed by atoms with van der Waals surface area (Å²) < 4.78 is 0. The average molecular weight is 441 g/mol. The van der Waals surface area contributed by atoms with E-state index in [9.17, 15) is 14.4 Å². The van der Waals surface area contributed by atoms with E-state index in [1.807, 2.05) is 19.2 Å². The molecular weight excluding hydrogens is 404 g/mol. The maximum absolute atomic E-state index is 12.9. The molecule has 1 aromatic carbocycles. The third kappa shape index (κ3) is 4.68. The molecule has 0 radical (unpaired) electrons. The Hall–Kier alpha value is -2.41. The predicted molar refractivity (Wildman–Crippen MR) is 125 cm³/mol. The average Bonchev–Trinajstić information content (AvgIpc) is 3.06. The first-order valence-electron chi connectivity index (χ1n) is 12.1. The molecule has 7 nitrogen and oxygen atoms in total. The van der Waals surface area contributed by atoms with Gasteiger partial charge in [0.2, 0.25) is 5.91 Å². The van der Waals surface area contributed by atoms with E-state index in [0.717, 1.165) is 23.4 Å². The molecule has 3 fully saturated rings. The zero-order valence-electron chi connectivity index (χ0n) is 19.5. The third-order valence-electron chi connectivity index (χ3n) is 7.38. The van der Waals surface area contributed by atoms with Crippen LogP contribution in [0.1, 0.15) is 63.9 Å². The summed E-state index contributed by atoms with van der Waals surface area (Å²) in [7, 11) is 1.83. The number of amides is 4. The molecule has 3 saturated heterocycles. The Bertz CT molecular complexity index is 851. The highest BCUT2D eigenvalue weighted by Crippen LogP contribution is 2.31. The van der Waals surface area contributed by atoms with Gasteiger partial charge in [-0.05, 0) is 68.3 Å². The van der Waals surface area contributed by atoms with E-state index in [2.05, 4.69) is 24.1 Å². The minimum absolute atomic E-state index is 0.00273. The maximum Gasteiger partial charge on any atom is 0.329 e. The number of piperidine rings is 2. The number of hydrogen-bond acceptors (Lipinski definition) is 4. The third-order valence-corrected chi connectivity index (χ3v) is 7.38. The van der Waals surface area contributed by atoms with Crippen molar-refractivity contribution in [3.63, 3.8) is 0 Å². The van der Waals surface area contributed by atoms with Crippen LogP contribution in [-0.4, -0.2) is 66.4 Å². The second-order valence-corrected chi connectivity index (χ2v) is 9.90. The molecule has 1 N–H and O–H groups in total. The van der Waals surface area contributed by atoms with E-state index >= 15 is 0 Å². The van der Waals surface area contributed by atoms with Gasteiger partial charge in [0.15, 0.2) is 0 Å². The number of nitrogens with one attached hydrogen (secondary N) is 1. The predicted octanol–water partition coefficient (Wildman–Crippen LogP) is 3.35. The molecule has 4 rings (SSSR count). The molecule has 3 aliphatic rings. The number of urea groups is 1. The number of fused-ring (bicyclic) bond motifs is 1. The summed E-state index contributed by atoms with van der Waals surface area (Å²) in [6.45, 7) is 7.26. The second kappa shape index (κ2) is 9.61.